The standard InChI is InChI=1S/C16H18ClN3O2/c1-12(21)20-8-6-19(7-9-20)11-16-18-10-15(22-16)13-2-4-14(17)5-3-13/h2-5,10H,6-9,11H2,1H3. The van der Waals surface area contributed by atoms with Crippen LogP contribution in [0.15, 0.2) is 34.9 Å². The molecule has 1 aliphatic heterocycles. The summed E-state index contributed by atoms with van der Waals surface area (Å²) in [6.45, 7) is 5.50. The number of hydrogen-bond donors (Lipinski definition) is 0. The van der Waals surface area contributed by atoms with Gasteiger partial charge in [-0.25, -0.2) is 4.98 Å². The van der Waals surface area contributed by atoms with E-state index in [2.05, 4.69) is 9.88 Å². The van der Waals surface area contributed by atoms with Crippen molar-refractivity contribution in [2.45, 2.75) is 13.5 Å². The van der Waals surface area contributed by atoms with Crippen LogP contribution < -0.4 is 0 Å². The van der Waals surface area contributed by atoms with Crippen molar-refractivity contribution in [3.8, 4) is 11.3 Å². The lowest BCUT2D eigenvalue weighted by atomic mass is 10.2. The number of aromatic nitrogens is 1. The fourth-order valence-corrected chi connectivity index (χ4v) is 2.67. The highest BCUT2D eigenvalue weighted by molar-refractivity contribution is 6.30. The molecule has 5 nitrogen and oxygen atoms in total. The third-order valence-corrected chi connectivity index (χ3v) is 4.11. The van der Waals surface area contributed by atoms with Gasteiger partial charge in [-0.05, 0) is 24.3 Å². The van der Waals surface area contributed by atoms with Gasteiger partial charge in [0.25, 0.3) is 0 Å². The molecule has 0 unspecified atom stereocenters. The van der Waals surface area contributed by atoms with Crippen LogP contribution in [0, 0.1) is 0 Å². The van der Waals surface area contributed by atoms with Crippen molar-refractivity contribution in [3.05, 3.63) is 41.4 Å². The summed E-state index contributed by atoms with van der Waals surface area (Å²) in [5.74, 6) is 1.58. The third-order valence-electron chi connectivity index (χ3n) is 3.86. The molecular weight excluding hydrogens is 302 g/mol. The molecule has 0 radical (unpaired) electrons. The molecule has 0 N–H and O–H groups in total. The number of benzene rings is 1. The number of amides is 1. The molecule has 1 fully saturated rings. The second-order valence-electron chi connectivity index (χ2n) is 5.41. The lowest BCUT2D eigenvalue weighted by Gasteiger charge is -2.33. The van der Waals surface area contributed by atoms with Crippen molar-refractivity contribution in [2.75, 3.05) is 26.2 Å². The normalized spacial score (nSPS) is 16.0. The first kappa shape index (κ1) is 15.1. The number of nitrogens with zero attached hydrogens (tertiary/aromatic N) is 3. The predicted octanol–water partition coefficient (Wildman–Crippen LogP) is 2.66. The Morgan fingerprint density at radius 2 is 1.91 bits per heavy atom. The van der Waals surface area contributed by atoms with Crippen LogP contribution in [-0.2, 0) is 11.3 Å². The molecule has 3 rings (SSSR count). The number of rotatable bonds is 3. The molecule has 1 aromatic heterocycles. The number of oxazole rings is 1. The minimum atomic E-state index is 0.140. The lowest BCUT2D eigenvalue weighted by molar-refractivity contribution is -0.130. The molecule has 0 saturated carbocycles. The van der Waals surface area contributed by atoms with Crippen LogP contribution in [0.5, 0.6) is 0 Å². The Morgan fingerprint density at radius 1 is 1.23 bits per heavy atom. The Morgan fingerprint density at radius 3 is 2.55 bits per heavy atom. The quantitative estimate of drug-likeness (QED) is 0.872. The summed E-state index contributed by atoms with van der Waals surface area (Å²) in [4.78, 5) is 19.8. The first-order valence-corrected chi connectivity index (χ1v) is 7.68. The van der Waals surface area contributed by atoms with Gasteiger partial charge in [0.15, 0.2) is 5.76 Å². The van der Waals surface area contributed by atoms with E-state index >= 15 is 0 Å². The van der Waals surface area contributed by atoms with Crippen molar-refractivity contribution >= 4 is 17.5 Å². The fraction of sp³-hybridized carbons (Fsp3) is 0.375. The molecule has 0 bridgehead atoms. The Bertz CT molecular complexity index is 646. The van der Waals surface area contributed by atoms with E-state index in [-0.39, 0.29) is 5.91 Å². The molecule has 1 aromatic carbocycles. The van der Waals surface area contributed by atoms with E-state index < -0.39 is 0 Å². The molecule has 2 aromatic rings. The number of halogens is 1. The predicted molar refractivity (Wildman–Crippen MR) is 84.5 cm³/mol. The third kappa shape index (κ3) is 3.48. The fourth-order valence-electron chi connectivity index (χ4n) is 2.54. The first-order valence-electron chi connectivity index (χ1n) is 7.30. The van der Waals surface area contributed by atoms with Crippen LogP contribution in [0.2, 0.25) is 5.02 Å². The zero-order valence-corrected chi connectivity index (χ0v) is 13.2. The summed E-state index contributed by atoms with van der Waals surface area (Å²) in [6.07, 6.45) is 1.74. The highest BCUT2D eigenvalue weighted by atomic mass is 35.5. The van der Waals surface area contributed by atoms with Crippen LogP contribution in [0.4, 0.5) is 0 Å². The Labute approximate surface area is 134 Å². The average molecular weight is 320 g/mol. The average Bonchev–Trinajstić information content (AvgIpc) is 2.97. The largest absolute Gasteiger partial charge is 0.439 e. The number of piperazine rings is 1. The maximum atomic E-state index is 11.3. The smallest absolute Gasteiger partial charge is 0.219 e. The molecule has 0 aliphatic carbocycles. The topological polar surface area (TPSA) is 49.6 Å². The van der Waals surface area contributed by atoms with Gasteiger partial charge < -0.3 is 9.32 Å². The van der Waals surface area contributed by atoms with Gasteiger partial charge in [0.2, 0.25) is 11.8 Å². The molecule has 6 heteroatoms. The van der Waals surface area contributed by atoms with Gasteiger partial charge in [-0.1, -0.05) is 11.6 Å². The monoisotopic (exact) mass is 319 g/mol. The molecule has 1 aliphatic rings. The van der Waals surface area contributed by atoms with E-state index in [1.807, 2.05) is 29.2 Å². The van der Waals surface area contributed by atoms with E-state index in [9.17, 15) is 4.79 Å². The SMILES string of the molecule is CC(=O)N1CCN(Cc2ncc(-c3ccc(Cl)cc3)o2)CC1. The Kier molecular flexibility index (Phi) is 4.45. The summed E-state index contributed by atoms with van der Waals surface area (Å²) in [5, 5.41) is 0.701. The summed E-state index contributed by atoms with van der Waals surface area (Å²) < 4.78 is 5.81. The Balaban J connectivity index is 1.60. The van der Waals surface area contributed by atoms with Gasteiger partial charge in [-0.3, -0.25) is 9.69 Å². The summed E-state index contributed by atoms with van der Waals surface area (Å²) in [7, 11) is 0. The summed E-state index contributed by atoms with van der Waals surface area (Å²) in [5.41, 5.74) is 0.963. The molecule has 1 amide bonds. The van der Waals surface area contributed by atoms with Gasteiger partial charge in [0.1, 0.15) is 0 Å². The second-order valence-corrected chi connectivity index (χ2v) is 5.84. The van der Waals surface area contributed by atoms with E-state index in [0.717, 1.165) is 37.5 Å². The minimum Gasteiger partial charge on any atom is -0.439 e. The number of carbonyl (C=O) groups excluding carboxylic acids is 1. The van der Waals surface area contributed by atoms with E-state index in [1.165, 1.54) is 0 Å². The van der Waals surface area contributed by atoms with Gasteiger partial charge in [-0.15, -0.1) is 0 Å². The molecule has 116 valence electrons. The van der Waals surface area contributed by atoms with E-state index in [1.54, 1.807) is 13.1 Å². The summed E-state index contributed by atoms with van der Waals surface area (Å²) in [6, 6.07) is 7.50. The van der Waals surface area contributed by atoms with Crippen LogP contribution in [0.3, 0.4) is 0 Å². The maximum absolute atomic E-state index is 11.3. The van der Waals surface area contributed by atoms with E-state index in [0.29, 0.717) is 17.5 Å². The summed E-state index contributed by atoms with van der Waals surface area (Å²) >= 11 is 5.89. The van der Waals surface area contributed by atoms with Crippen molar-refractivity contribution in [1.82, 2.24) is 14.8 Å². The zero-order valence-electron chi connectivity index (χ0n) is 12.5. The molecule has 22 heavy (non-hydrogen) atoms. The highest BCUT2D eigenvalue weighted by Gasteiger charge is 2.20. The van der Waals surface area contributed by atoms with Gasteiger partial charge in [-0.2, -0.15) is 0 Å². The molecular formula is C16H18ClN3O2. The second kappa shape index (κ2) is 6.50. The minimum absolute atomic E-state index is 0.140. The van der Waals surface area contributed by atoms with Crippen molar-refractivity contribution < 1.29 is 9.21 Å². The number of carbonyl (C=O) groups is 1. The van der Waals surface area contributed by atoms with Crippen LogP contribution >= 0.6 is 11.6 Å². The molecule has 0 spiro atoms. The lowest BCUT2D eigenvalue weighted by Crippen LogP contribution is -2.47. The van der Waals surface area contributed by atoms with Crippen molar-refractivity contribution in [2.24, 2.45) is 0 Å². The zero-order chi connectivity index (χ0) is 15.5. The van der Waals surface area contributed by atoms with Crippen molar-refractivity contribution in [3.63, 3.8) is 0 Å². The number of hydrogen-bond acceptors (Lipinski definition) is 4. The molecule has 0 atom stereocenters. The first-order chi connectivity index (χ1) is 10.6. The van der Waals surface area contributed by atoms with Crippen LogP contribution in [0.1, 0.15) is 12.8 Å². The molecule has 2 heterocycles. The van der Waals surface area contributed by atoms with Gasteiger partial charge in [0.05, 0.1) is 12.7 Å². The van der Waals surface area contributed by atoms with Crippen LogP contribution in [-0.4, -0.2) is 46.9 Å². The van der Waals surface area contributed by atoms with E-state index in [4.69, 9.17) is 16.0 Å². The van der Waals surface area contributed by atoms with Crippen molar-refractivity contribution in [1.29, 1.82) is 0 Å². The van der Waals surface area contributed by atoms with Crippen LogP contribution in [0.25, 0.3) is 11.3 Å². The maximum Gasteiger partial charge on any atom is 0.219 e. The molecule has 1 saturated heterocycles. The van der Waals surface area contributed by atoms with Gasteiger partial charge >= 0.3 is 0 Å². The Hall–Kier alpha value is -1.85. The highest BCUT2D eigenvalue weighted by Crippen LogP contribution is 2.23. The van der Waals surface area contributed by atoms with Gasteiger partial charge in [0, 0.05) is 43.7 Å².